The summed E-state index contributed by atoms with van der Waals surface area (Å²) in [7, 11) is 0. The first kappa shape index (κ1) is 20.7. The first-order valence-corrected chi connectivity index (χ1v) is 8.12. The van der Waals surface area contributed by atoms with Crippen molar-refractivity contribution in [2.24, 2.45) is 4.99 Å². The van der Waals surface area contributed by atoms with E-state index in [0.29, 0.717) is 19.0 Å². The molecule has 0 bridgehead atoms. The van der Waals surface area contributed by atoms with Gasteiger partial charge in [0, 0.05) is 18.2 Å². The van der Waals surface area contributed by atoms with Crippen molar-refractivity contribution >= 4 is 11.9 Å². The molecule has 1 amide bonds. The van der Waals surface area contributed by atoms with E-state index in [4.69, 9.17) is 4.74 Å². The van der Waals surface area contributed by atoms with E-state index >= 15 is 0 Å². The topological polar surface area (TPSA) is 74.8 Å². The molecule has 25 heavy (non-hydrogen) atoms. The summed E-state index contributed by atoms with van der Waals surface area (Å²) in [5.74, 6) is -1.16. The number of amides is 1. The molecule has 1 aromatic carbocycles. The third kappa shape index (κ3) is 8.88. The van der Waals surface area contributed by atoms with Crippen molar-refractivity contribution in [1.29, 1.82) is 0 Å². The van der Waals surface area contributed by atoms with Crippen molar-refractivity contribution in [1.82, 2.24) is 16.0 Å². The summed E-state index contributed by atoms with van der Waals surface area (Å²) in [6, 6.07) is 3.13. The van der Waals surface area contributed by atoms with Crippen molar-refractivity contribution < 1.29 is 18.3 Å². The fourth-order valence-electron chi connectivity index (χ4n) is 1.87. The van der Waals surface area contributed by atoms with Crippen LogP contribution in [0.4, 0.5) is 8.78 Å². The molecular weight excluding hydrogens is 330 g/mol. The molecule has 0 atom stereocenters. The molecule has 3 N–H and O–H groups in total. The Morgan fingerprint density at radius 3 is 2.56 bits per heavy atom. The van der Waals surface area contributed by atoms with Crippen molar-refractivity contribution in [2.75, 3.05) is 26.2 Å². The number of halogens is 2. The van der Waals surface area contributed by atoms with Crippen LogP contribution in [0.15, 0.2) is 23.2 Å². The van der Waals surface area contributed by atoms with Gasteiger partial charge < -0.3 is 20.7 Å². The van der Waals surface area contributed by atoms with Crippen LogP contribution in [0, 0.1) is 11.6 Å². The molecule has 0 aliphatic carbocycles. The summed E-state index contributed by atoms with van der Waals surface area (Å²) in [5.41, 5.74) is -0.314. The minimum Gasteiger partial charge on any atom is -0.489 e. The Morgan fingerprint density at radius 2 is 1.96 bits per heavy atom. The highest BCUT2D eigenvalue weighted by Crippen LogP contribution is 2.17. The Morgan fingerprint density at radius 1 is 1.24 bits per heavy atom. The lowest BCUT2D eigenvalue weighted by molar-refractivity contribution is -0.121. The van der Waals surface area contributed by atoms with Crippen LogP contribution in [-0.2, 0) is 4.79 Å². The second-order valence-electron chi connectivity index (χ2n) is 6.34. The van der Waals surface area contributed by atoms with Gasteiger partial charge >= 0.3 is 0 Å². The quantitative estimate of drug-likeness (QED) is 0.396. The van der Waals surface area contributed by atoms with Gasteiger partial charge in [0.1, 0.15) is 19.0 Å². The highest BCUT2D eigenvalue weighted by atomic mass is 19.1. The molecule has 1 rings (SSSR count). The maximum Gasteiger partial charge on any atom is 0.242 e. The predicted molar refractivity (Wildman–Crippen MR) is 93.7 cm³/mol. The fourth-order valence-corrected chi connectivity index (χ4v) is 1.87. The van der Waals surface area contributed by atoms with Crippen LogP contribution >= 0.6 is 0 Å². The van der Waals surface area contributed by atoms with E-state index in [9.17, 15) is 13.6 Å². The van der Waals surface area contributed by atoms with Crippen LogP contribution in [0.5, 0.6) is 5.75 Å². The van der Waals surface area contributed by atoms with E-state index in [1.807, 2.05) is 27.7 Å². The van der Waals surface area contributed by atoms with E-state index in [2.05, 4.69) is 20.9 Å². The summed E-state index contributed by atoms with van der Waals surface area (Å²) in [5, 5.41) is 8.79. The van der Waals surface area contributed by atoms with Crippen LogP contribution in [-0.4, -0.2) is 43.6 Å². The first-order chi connectivity index (χ1) is 11.7. The fraction of sp³-hybridized carbons (Fsp3) is 0.529. The smallest absolute Gasteiger partial charge is 0.242 e. The molecule has 0 heterocycles. The van der Waals surface area contributed by atoms with E-state index < -0.39 is 11.6 Å². The molecule has 6 nitrogen and oxygen atoms in total. The van der Waals surface area contributed by atoms with Gasteiger partial charge in [0.15, 0.2) is 17.5 Å². The van der Waals surface area contributed by atoms with Crippen LogP contribution in [0.25, 0.3) is 0 Å². The van der Waals surface area contributed by atoms with E-state index in [-0.39, 0.29) is 30.3 Å². The average molecular weight is 356 g/mol. The summed E-state index contributed by atoms with van der Waals surface area (Å²) in [6.45, 7) is 8.68. The second kappa shape index (κ2) is 9.80. The lowest BCUT2D eigenvalue weighted by atomic mass is 10.1. The number of rotatable bonds is 7. The maximum atomic E-state index is 13.4. The van der Waals surface area contributed by atoms with Crippen LogP contribution < -0.4 is 20.7 Å². The van der Waals surface area contributed by atoms with Crippen molar-refractivity contribution in [3.8, 4) is 5.75 Å². The minimum atomic E-state index is -0.751. The Bertz CT molecular complexity index is 601. The predicted octanol–water partition coefficient (Wildman–Crippen LogP) is 1.81. The molecule has 140 valence electrons. The third-order valence-electron chi connectivity index (χ3n) is 2.79. The van der Waals surface area contributed by atoms with Crippen LogP contribution in [0.3, 0.4) is 0 Å². The molecule has 1 aromatic rings. The van der Waals surface area contributed by atoms with E-state index in [1.165, 1.54) is 6.07 Å². The number of ether oxygens (including phenoxy) is 1. The molecule has 0 saturated carbocycles. The number of hydrogen-bond acceptors (Lipinski definition) is 3. The number of guanidine groups is 1. The lowest BCUT2D eigenvalue weighted by Gasteiger charge is -2.20. The Balaban J connectivity index is 2.44. The zero-order valence-corrected chi connectivity index (χ0v) is 15.1. The van der Waals surface area contributed by atoms with Gasteiger partial charge in [-0.3, -0.25) is 4.79 Å². The molecule has 0 fully saturated rings. The van der Waals surface area contributed by atoms with E-state index in [1.54, 1.807) is 0 Å². The molecule has 0 unspecified atom stereocenters. The zero-order valence-electron chi connectivity index (χ0n) is 15.1. The van der Waals surface area contributed by atoms with Gasteiger partial charge in [-0.15, -0.1) is 0 Å². The number of hydrogen-bond donors (Lipinski definition) is 3. The van der Waals surface area contributed by atoms with Gasteiger partial charge in [-0.05, 0) is 39.8 Å². The number of nitrogens with one attached hydrogen (secondary N) is 3. The number of carbonyl (C=O) groups excluding carboxylic acids is 1. The normalized spacial score (nSPS) is 11.8. The minimum absolute atomic E-state index is 0.0138. The largest absolute Gasteiger partial charge is 0.489 e. The van der Waals surface area contributed by atoms with Crippen LogP contribution in [0.1, 0.15) is 27.7 Å². The molecular formula is C17H26F2N4O2. The summed E-state index contributed by atoms with van der Waals surface area (Å²) in [4.78, 5) is 16.0. The second-order valence-corrected chi connectivity index (χ2v) is 6.34. The van der Waals surface area contributed by atoms with Gasteiger partial charge in [0.25, 0.3) is 0 Å². The molecule has 0 aromatic heterocycles. The standard InChI is InChI=1S/C17H26F2N4O2/c1-5-20-16(22-11-15(24)23-17(2,3)4)21-8-9-25-14-7-6-12(18)10-13(14)19/h6-7,10H,5,8-9,11H2,1-4H3,(H,23,24)(H2,20,21,22). The molecule has 0 aliphatic rings. The number of benzene rings is 1. The number of nitrogens with zero attached hydrogens (tertiary/aromatic N) is 1. The molecule has 0 aliphatic heterocycles. The number of carbonyl (C=O) groups is 1. The SMILES string of the molecule is CCNC(=NCC(=O)NC(C)(C)C)NCCOc1ccc(F)cc1F. The number of aliphatic imine (C=N–C) groups is 1. The van der Waals surface area contributed by atoms with Gasteiger partial charge in [0.05, 0.1) is 6.54 Å². The lowest BCUT2D eigenvalue weighted by Crippen LogP contribution is -2.43. The summed E-state index contributed by atoms with van der Waals surface area (Å²) < 4.78 is 31.5. The highest BCUT2D eigenvalue weighted by molar-refractivity contribution is 5.85. The Kier molecular flexibility index (Phi) is 8.10. The van der Waals surface area contributed by atoms with E-state index in [0.717, 1.165) is 12.1 Å². The van der Waals surface area contributed by atoms with Crippen molar-refractivity contribution in [3.63, 3.8) is 0 Å². The Labute approximate surface area is 147 Å². The van der Waals surface area contributed by atoms with Crippen molar-refractivity contribution in [2.45, 2.75) is 33.2 Å². The van der Waals surface area contributed by atoms with Gasteiger partial charge in [0.2, 0.25) is 5.91 Å². The average Bonchev–Trinajstić information content (AvgIpc) is 2.49. The van der Waals surface area contributed by atoms with Crippen LogP contribution in [0.2, 0.25) is 0 Å². The summed E-state index contributed by atoms with van der Waals surface area (Å²) >= 11 is 0. The van der Waals surface area contributed by atoms with Gasteiger partial charge in [-0.25, -0.2) is 13.8 Å². The molecule has 0 radical (unpaired) electrons. The highest BCUT2D eigenvalue weighted by Gasteiger charge is 2.13. The van der Waals surface area contributed by atoms with Gasteiger partial charge in [-0.2, -0.15) is 0 Å². The first-order valence-electron chi connectivity index (χ1n) is 8.12. The third-order valence-corrected chi connectivity index (χ3v) is 2.79. The van der Waals surface area contributed by atoms with Gasteiger partial charge in [-0.1, -0.05) is 0 Å². The zero-order chi connectivity index (χ0) is 18.9. The Hall–Kier alpha value is -2.38. The molecule has 0 saturated heterocycles. The maximum absolute atomic E-state index is 13.4. The monoisotopic (exact) mass is 356 g/mol. The summed E-state index contributed by atoms with van der Waals surface area (Å²) in [6.07, 6.45) is 0. The van der Waals surface area contributed by atoms with Crippen molar-refractivity contribution in [3.05, 3.63) is 29.8 Å². The molecule has 0 spiro atoms. The molecule has 8 heteroatoms.